The lowest BCUT2D eigenvalue weighted by Crippen LogP contribution is -2.33. The van der Waals surface area contributed by atoms with E-state index < -0.39 is 23.9 Å². The molecule has 0 heterocycles. The molecule has 0 aliphatic carbocycles. The molecule has 4 N–H and O–H groups in total. The Balaban J connectivity index is 0. The summed E-state index contributed by atoms with van der Waals surface area (Å²) in [6.07, 6.45) is -0.0370. The van der Waals surface area contributed by atoms with Gasteiger partial charge in [-0.05, 0) is 6.42 Å². The van der Waals surface area contributed by atoms with E-state index in [1.54, 1.807) is 0 Å². The van der Waals surface area contributed by atoms with Gasteiger partial charge in [-0.3, -0.25) is 9.59 Å². The highest BCUT2D eigenvalue weighted by Crippen LogP contribution is 2.04. The molecule has 0 aromatic rings. The summed E-state index contributed by atoms with van der Waals surface area (Å²) in [4.78, 5) is 20.3. The molecule has 0 bridgehead atoms. The van der Waals surface area contributed by atoms with Gasteiger partial charge in [-0.1, -0.05) is 6.92 Å². The van der Waals surface area contributed by atoms with Crippen LogP contribution < -0.4 is 5.73 Å². The van der Waals surface area contributed by atoms with Gasteiger partial charge in [0, 0.05) is 0 Å². The normalized spacial score (nSPS) is 14.2. The van der Waals surface area contributed by atoms with Crippen molar-refractivity contribution >= 4 is 24.3 Å². The van der Waals surface area contributed by atoms with Crippen LogP contribution in [0.5, 0.6) is 0 Å². The van der Waals surface area contributed by atoms with E-state index in [1.807, 2.05) is 0 Å². The molecule has 0 aliphatic rings. The molecule has 0 spiro atoms. The standard InChI is InChI=1S/C6H11NO4.ClH/c1-3(5(8)9)2-4(7)6(10)11;/h3-4H,2,7H2,1H3,(H,8,9)(H,10,11);1H. The van der Waals surface area contributed by atoms with Crippen molar-refractivity contribution in [1.29, 1.82) is 0 Å². The van der Waals surface area contributed by atoms with Crippen molar-refractivity contribution < 1.29 is 19.8 Å². The molecule has 0 amide bonds. The summed E-state index contributed by atoms with van der Waals surface area (Å²) in [7, 11) is 0. The predicted molar refractivity (Wildman–Crippen MR) is 44.3 cm³/mol. The monoisotopic (exact) mass is 197 g/mol. The fourth-order valence-electron chi connectivity index (χ4n) is 0.583. The maximum absolute atomic E-state index is 10.2. The fourth-order valence-corrected chi connectivity index (χ4v) is 0.583. The summed E-state index contributed by atoms with van der Waals surface area (Å²) in [6.45, 7) is 1.42. The van der Waals surface area contributed by atoms with Crippen LogP contribution in [-0.4, -0.2) is 28.2 Å². The smallest absolute Gasteiger partial charge is 0.320 e. The van der Waals surface area contributed by atoms with Crippen molar-refractivity contribution in [3.63, 3.8) is 0 Å². The summed E-state index contributed by atoms with van der Waals surface area (Å²) in [5.74, 6) is -2.90. The number of hydrogen-bond donors (Lipinski definition) is 3. The van der Waals surface area contributed by atoms with Crippen LogP contribution in [-0.2, 0) is 9.59 Å². The summed E-state index contributed by atoms with van der Waals surface area (Å²) in [5.41, 5.74) is 5.09. The van der Waals surface area contributed by atoms with Crippen LogP contribution >= 0.6 is 12.4 Å². The van der Waals surface area contributed by atoms with E-state index >= 15 is 0 Å². The zero-order valence-corrected chi connectivity index (χ0v) is 7.37. The van der Waals surface area contributed by atoms with E-state index in [9.17, 15) is 9.59 Å². The third-order valence-electron chi connectivity index (χ3n) is 1.35. The Hall–Kier alpha value is -0.810. The van der Waals surface area contributed by atoms with Crippen LogP contribution in [0.15, 0.2) is 0 Å². The molecule has 0 saturated carbocycles. The van der Waals surface area contributed by atoms with Gasteiger partial charge >= 0.3 is 11.9 Å². The minimum atomic E-state index is -1.17. The lowest BCUT2D eigenvalue weighted by Gasteiger charge is -2.08. The average molecular weight is 198 g/mol. The molecular weight excluding hydrogens is 186 g/mol. The Labute approximate surface area is 76.0 Å². The van der Waals surface area contributed by atoms with Gasteiger partial charge in [0.05, 0.1) is 5.92 Å². The molecule has 12 heavy (non-hydrogen) atoms. The van der Waals surface area contributed by atoms with E-state index in [-0.39, 0.29) is 18.8 Å². The minimum Gasteiger partial charge on any atom is -0.481 e. The first-order valence-corrected chi connectivity index (χ1v) is 3.16. The Morgan fingerprint density at radius 2 is 1.75 bits per heavy atom. The van der Waals surface area contributed by atoms with E-state index in [2.05, 4.69) is 0 Å². The second-order valence-corrected chi connectivity index (χ2v) is 2.42. The topological polar surface area (TPSA) is 101 Å². The highest BCUT2D eigenvalue weighted by Gasteiger charge is 2.19. The predicted octanol–water partition coefficient (Wildman–Crippen LogP) is -0.0691. The van der Waals surface area contributed by atoms with Crippen molar-refractivity contribution in [2.75, 3.05) is 0 Å². The van der Waals surface area contributed by atoms with Crippen molar-refractivity contribution in [3.8, 4) is 0 Å². The van der Waals surface area contributed by atoms with Crippen molar-refractivity contribution in [3.05, 3.63) is 0 Å². The summed E-state index contributed by atoms with van der Waals surface area (Å²) in [6, 6.07) is -1.08. The van der Waals surface area contributed by atoms with E-state index in [1.165, 1.54) is 6.92 Å². The van der Waals surface area contributed by atoms with Gasteiger partial charge in [0.1, 0.15) is 6.04 Å². The SMILES string of the molecule is CC(CC(N)C(=O)O)C(=O)O.Cl. The molecule has 72 valence electrons. The second-order valence-electron chi connectivity index (χ2n) is 2.42. The van der Waals surface area contributed by atoms with Gasteiger partial charge in [0.25, 0.3) is 0 Å². The average Bonchev–Trinajstić information content (AvgIpc) is 1.87. The van der Waals surface area contributed by atoms with Crippen LogP contribution in [0.2, 0.25) is 0 Å². The maximum Gasteiger partial charge on any atom is 0.320 e. The van der Waals surface area contributed by atoms with Crippen LogP contribution in [0, 0.1) is 5.92 Å². The number of carbonyl (C=O) groups is 2. The summed E-state index contributed by atoms with van der Waals surface area (Å²) >= 11 is 0. The Bertz CT molecular complexity index is 155. The third kappa shape index (κ3) is 4.92. The molecule has 0 rings (SSSR count). The molecular formula is C6H12ClNO4. The molecule has 2 unspecified atom stereocenters. The molecule has 0 fully saturated rings. The largest absolute Gasteiger partial charge is 0.481 e. The van der Waals surface area contributed by atoms with Gasteiger partial charge < -0.3 is 15.9 Å². The van der Waals surface area contributed by atoms with Gasteiger partial charge in [0.2, 0.25) is 0 Å². The molecule has 6 heteroatoms. The second kappa shape index (κ2) is 5.79. The number of hydrogen-bond acceptors (Lipinski definition) is 3. The van der Waals surface area contributed by atoms with Crippen molar-refractivity contribution in [2.45, 2.75) is 19.4 Å². The molecule has 0 saturated heterocycles. The first kappa shape index (κ1) is 13.8. The maximum atomic E-state index is 10.2. The summed E-state index contributed by atoms with van der Waals surface area (Å²) in [5, 5.41) is 16.7. The van der Waals surface area contributed by atoms with Gasteiger partial charge in [-0.25, -0.2) is 0 Å². The number of carboxylic acids is 2. The van der Waals surface area contributed by atoms with Crippen LogP contribution in [0.1, 0.15) is 13.3 Å². The Morgan fingerprint density at radius 1 is 1.33 bits per heavy atom. The van der Waals surface area contributed by atoms with Gasteiger partial charge in [0.15, 0.2) is 0 Å². The highest BCUT2D eigenvalue weighted by molar-refractivity contribution is 5.85. The quantitative estimate of drug-likeness (QED) is 0.586. The van der Waals surface area contributed by atoms with E-state index in [0.717, 1.165) is 0 Å². The molecule has 0 aliphatic heterocycles. The Morgan fingerprint density at radius 3 is 2.00 bits per heavy atom. The van der Waals surface area contributed by atoms with Crippen molar-refractivity contribution in [1.82, 2.24) is 0 Å². The molecule has 2 atom stereocenters. The van der Waals surface area contributed by atoms with Crippen molar-refractivity contribution in [2.24, 2.45) is 11.7 Å². The lowest BCUT2D eigenvalue weighted by atomic mass is 10.0. The number of carboxylic acid groups (broad SMARTS) is 2. The van der Waals surface area contributed by atoms with Gasteiger partial charge in [-0.2, -0.15) is 0 Å². The number of aliphatic carboxylic acids is 2. The van der Waals surface area contributed by atoms with Crippen LogP contribution in [0.4, 0.5) is 0 Å². The van der Waals surface area contributed by atoms with Crippen LogP contribution in [0.3, 0.4) is 0 Å². The molecule has 0 radical (unpaired) electrons. The third-order valence-corrected chi connectivity index (χ3v) is 1.35. The molecule has 5 nitrogen and oxygen atoms in total. The van der Waals surface area contributed by atoms with Gasteiger partial charge in [-0.15, -0.1) is 12.4 Å². The van der Waals surface area contributed by atoms with E-state index in [4.69, 9.17) is 15.9 Å². The zero-order chi connectivity index (χ0) is 9.02. The number of nitrogens with two attached hydrogens (primary N) is 1. The summed E-state index contributed by atoms with van der Waals surface area (Å²) < 4.78 is 0. The zero-order valence-electron chi connectivity index (χ0n) is 6.56. The minimum absolute atomic E-state index is 0. The number of rotatable bonds is 4. The lowest BCUT2D eigenvalue weighted by molar-refractivity contribution is -0.143. The Kier molecular flexibility index (Phi) is 6.64. The molecule has 0 aromatic carbocycles. The highest BCUT2D eigenvalue weighted by atomic mass is 35.5. The number of halogens is 1. The first-order chi connectivity index (χ1) is 4.95. The first-order valence-electron chi connectivity index (χ1n) is 3.16. The fraction of sp³-hybridized carbons (Fsp3) is 0.667. The van der Waals surface area contributed by atoms with E-state index in [0.29, 0.717) is 0 Å². The molecule has 0 aromatic heterocycles. The van der Waals surface area contributed by atoms with Crippen LogP contribution in [0.25, 0.3) is 0 Å².